The Kier molecular flexibility index (Phi) is 2.83. The van der Waals surface area contributed by atoms with Crippen molar-refractivity contribution in [2.75, 3.05) is 10.7 Å². The number of halogens is 1. The Labute approximate surface area is 108 Å². The van der Waals surface area contributed by atoms with Crippen molar-refractivity contribution >= 4 is 23.4 Å². The normalized spacial score (nSPS) is 19.5. The van der Waals surface area contributed by atoms with Gasteiger partial charge in [-0.05, 0) is 36.4 Å². The van der Waals surface area contributed by atoms with Crippen LogP contribution < -0.4 is 4.90 Å². The van der Waals surface area contributed by atoms with E-state index in [2.05, 4.69) is 0 Å². The van der Waals surface area contributed by atoms with E-state index in [1.54, 1.807) is 29.4 Å². The molecule has 1 fully saturated rings. The number of hydrogen-bond donors (Lipinski definition) is 0. The molecule has 18 heavy (non-hydrogen) atoms. The van der Waals surface area contributed by atoms with Crippen molar-refractivity contribution in [1.29, 1.82) is 0 Å². The Morgan fingerprint density at radius 1 is 1.28 bits per heavy atom. The molecule has 1 unspecified atom stereocenters. The number of thioether (sulfide) groups is 1. The van der Waals surface area contributed by atoms with E-state index in [-0.39, 0.29) is 17.1 Å². The van der Waals surface area contributed by atoms with Crippen LogP contribution >= 0.6 is 11.8 Å². The molecule has 1 amide bonds. The second-order valence-electron chi connectivity index (χ2n) is 3.92. The van der Waals surface area contributed by atoms with Gasteiger partial charge in [0.25, 0.3) is 0 Å². The van der Waals surface area contributed by atoms with E-state index in [9.17, 15) is 9.18 Å². The van der Waals surface area contributed by atoms with Crippen molar-refractivity contribution in [3.05, 3.63) is 54.2 Å². The number of hydrogen-bond acceptors (Lipinski definition) is 3. The third-order valence-corrected chi connectivity index (χ3v) is 3.93. The van der Waals surface area contributed by atoms with Crippen molar-refractivity contribution < 1.29 is 13.6 Å². The minimum atomic E-state index is -0.312. The zero-order chi connectivity index (χ0) is 12.5. The molecule has 92 valence electrons. The van der Waals surface area contributed by atoms with Crippen molar-refractivity contribution in [3.63, 3.8) is 0 Å². The predicted octanol–water partition coefficient (Wildman–Crippen LogP) is 3.20. The standard InChI is InChI=1S/C13H10FNO2S/c14-9-3-5-10(6-4-9)15-12(16)8-18-13(15)11-2-1-7-17-11/h1-7,13H,8H2. The quantitative estimate of drug-likeness (QED) is 0.834. The Bertz CT molecular complexity index is 553. The fourth-order valence-corrected chi connectivity index (χ4v) is 3.07. The van der Waals surface area contributed by atoms with Crippen LogP contribution in [0.2, 0.25) is 0 Å². The van der Waals surface area contributed by atoms with Crippen LogP contribution in [-0.2, 0) is 4.79 Å². The number of amides is 1. The summed E-state index contributed by atoms with van der Waals surface area (Å²) in [6, 6.07) is 9.55. The molecule has 0 radical (unpaired) electrons. The molecule has 3 nitrogen and oxygen atoms in total. The van der Waals surface area contributed by atoms with Gasteiger partial charge >= 0.3 is 0 Å². The van der Waals surface area contributed by atoms with Gasteiger partial charge in [-0.3, -0.25) is 9.69 Å². The number of nitrogens with zero attached hydrogens (tertiary/aromatic N) is 1. The van der Waals surface area contributed by atoms with Crippen LogP contribution in [-0.4, -0.2) is 11.7 Å². The third kappa shape index (κ3) is 1.90. The average molecular weight is 263 g/mol. The van der Waals surface area contributed by atoms with Gasteiger partial charge in [-0.1, -0.05) is 0 Å². The lowest BCUT2D eigenvalue weighted by Gasteiger charge is -2.22. The van der Waals surface area contributed by atoms with E-state index in [1.807, 2.05) is 6.07 Å². The first-order valence-electron chi connectivity index (χ1n) is 5.48. The molecule has 1 aliphatic heterocycles. The second-order valence-corrected chi connectivity index (χ2v) is 4.99. The number of anilines is 1. The van der Waals surface area contributed by atoms with Gasteiger partial charge in [-0.2, -0.15) is 0 Å². The Balaban J connectivity index is 1.97. The van der Waals surface area contributed by atoms with Crippen LogP contribution in [0.4, 0.5) is 10.1 Å². The Morgan fingerprint density at radius 2 is 2.06 bits per heavy atom. The molecule has 1 aromatic carbocycles. The Morgan fingerprint density at radius 3 is 2.72 bits per heavy atom. The second kappa shape index (κ2) is 4.49. The van der Waals surface area contributed by atoms with E-state index >= 15 is 0 Å². The van der Waals surface area contributed by atoms with Crippen molar-refractivity contribution in [2.24, 2.45) is 0 Å². The summed E-state index contributed by atoms with van der Waals surface area (Å²) in [5.41, 5.74) is 0.688. The predicted molar refractivity (Wildman–Crippen MR) is 67.8 cm³/mol. The molecule has 0 bridgehead atoms. The highest BCUT2D eigenvalue weighted by Gasteiger charge is 2.35. The van der Waals surface area contributed by atoms with Gasteiger partial charge in [0.05, 0.1) is 12.0 Å². The molecule has 0 spiro atoms. The number of carbonyl (C=O) groups is 1. The van der Waals surface area contributed by atoms with Crippen LogP contribution in [0.1, 0.15) is 11.1 Å². The summed E-state index contributed by atoms with van der Waals surface area (Å²) >= 11 is 1.50. The van der Waals surface area contributed by atoms with Crippen molar-refractivity contribution in [1.82, 2.24) is 0 Å². The monoisotopic (exact) mass is 263 g/mol. The molecule has 5 heteroatoms. The summed E-state index contributed by atoms with van der Waals surface area (Å²) in [5.74, 6) is 0.832. The lowest BCUT2D eigenvalue weighted by molar-refractivity contribution is -0.115. The van der Waals surface area contributed by atoms with Gasteiger partial charge in [0.1, 0.15) is 17.0 Å². The molecule has 0 aliphatic carbocycles. The maximum Gasteiger partial charge on any atom is 0.238 e. The summed E-state index contributed by atoms with van der Waals surface area (Å²) < 4.78 is 18.3. The lowest BCUT2D eigenvalue weighted by Crippen LogP contribution is -2.27. The molecule has 2 aromatic rings. The number of furan rings is 1. The smallest absolute Gasteiger partial charge is 0.238 e. The highest BCUT2D eigenvalue weighted by atomic mass is 32.2. The lowest BCUT2D eigenvalue weighted by atomic mass is 10.2. The number of benzene rings is 1. The molecule has 0 N–H and O–H groups in total. The fourth-order valence-electron chi connectivity index (χ4n) is 1.95. The maximum absolute atomic E-state index is 12.9. The van der Waals surface area contributed by atoms with E-state index < -0.39 is 0 Å². The number of rotatable bonds is 2. The van der Waals surface area contributed by atoms with Gasteiger partial charge in [0, 0.05) is 5.69 Å². The highest BCUT2D eigenvalue weighted by Crippen LogP contribution is 2.41. The number of carbonyl (C=O) groups excluding carboxylic acids is 1. The van der Waals surface area contributed by atoms with Crippen LogP contribution in [0, 0.1) is 5.82 Å². The summed E-state index contributed by atoms with van der Waals surface area (Å²) in [6.07, 6.45) is 1.58. The van der Waals surface area contributed by atoms with Crippen LogP contribution in [0.15, 0.2) is 47.1 Å². The van der Waals surface area contributed by atoms with E-state index in [0.29, 0.717) is 11.4 Å². The summed E-state index contributed by atoms with van der Waals surface area (Å²) in [4.78, 5) is 13.6. The van der Waals surface area contributed by atoms with Crippen LogP contribution in [0.5, 0.6) is 0 Å². The molecule has 1 saturated heterocycles. The third-order valence-electron chi connectivity index (χ3n) is 2.76. The summed E-state index contributed by atoms with van der Waals surface area (Å²) in [5, 5.41) is -0.169. The topological polar surface area (TPSA) is 33.5 Å². The average Bonchev–Trinajstić information content (AvgIpc) is 2.99. The minimum Gasteiger partial charge on any atom is -0.466 e. The summed E-state index contributed by atoms with van der Waals surface area (Å²) in [6.45, 7) is 0. The first-order valence-corrected chi connectivity index (χ1v) is 6.53. The van der Waals surface area contributed by atoms with Gasteiger partial charge in [0.15, 0.2) is 0 Å². The maximum atomic E-state index is 12.9. The molecule has 0 saturated carbocycles. The molecule has 1 aliphatic rings. The van der Waals surface area contributed by atoms with Gasteiger partial charge in [0.2, 0.25) is 5.91 Å². The highest BCUT2D eigenvalue weighted by molar-refractivity contribution is 8.00. The van der Waals surface area contributed by atoms with Gasteiger partial charge in [-0.15, -0.1) is 11.8 Å². The summed E-state index contributed by atoms with van der Waals surface area (Å²) in [7, 11) is 0. The largest absolute Gasteiger partial charge is 0.466 e. The molecular formula is C13H10FNO2S. The van der Waals surface area contributed by atoms with Crippen molar-refractivity contribution in [2.45, 2.75) is 5.37 Å². The zero-order valence-corrected chi connectivity index (χ0v) is 10.2. The SMILES string of the molecule is O=C1CSC(c2ccco2)N1c1ccc(F)cc1. The molecule has 1 aromatic heterocycles. The minimum absolute atomic E-state index is 0.00741. The van der Waals surface area contributed by atoms with Crippen molar-refractivity contribution in [3.8, 4) is 0 Å². The van der Waals surface area contributed by atoms with Gasteiger partial charge < -0.3 is 4.42 Å². The molecule has 3 rings (SSSR count). The van der Waals surface area contributed by atoms with Crippen LogP contribution in [0.25, 0.3) is 0 Å². The fraction of sp³-hybridized carbons (Fsp3) is 0.154. The zero-order valence-electron chi connectivity index (χ0n) is 9.38. The Hall–Kier alpha value is -1.75. The van der Waals surface area contributed by atoms with Gasteiger partial charge in [-0.25, -0.2) is 4.39 Å². The molecule has 2 heterocycles. The first-order chi connectivity index (χ1) is 8.75. The first kappa shape index (κ1) is 11.3. The van der Waals surface area contributed by atoms with E-state index in [1.165, 1.54) is 23.9 Å². The van der Waals surface area contributed by atoms with Crippen LogP contribution in [0.3, 0.4) is 0 Å². The van der Waals surface area contributed by atoms with E-state index in [0.717, 1.165) is 5.76 Å². The molecular weight excluding hydrogens is 253 g/mol. The van der Waals surface area contributed by atoms with E-state index in [4.69, 9.17) is 4.42 Å². The molecule has 1 atom stereocenters.